The molecule has 0 fully saturated rings. The molecule has 3 N–H and O–H groups in total. The van der Waals surface area contributed by atoms with Gasteiger partial charge in [-0.1, -0.05) is 0 Å². The molecule has 3 aliphatic heterocycles. The molecular weight excluding hydrogens is 192 g/mol. The first-order valence-corrected chi connectivity index (χ1v) is 5.19. The summed E-state index contributed by atoms with van der Waals surface area (Å²) >= 11 is 0. The van der Waals surface area contributed by atoms with Gasteiger partial charge < -0.3 is 10.6 Å². The highest BCUT2D eigenvalue weighted by Crippen LogP contribution is 2.23. The Kier molecular flexibility index (Phi) is 1.95. The summed E-state index contributed by atoms with van der Waals surface area (Å²) in [5.74, 6) is 0. The molecule has 6 heteroatoms. The number of rotatable bonds is 2. The first-order chi connectivity index (χ1) is 7.42. The Balaban J connectivity index is 1.84. The molecule has 0 saturated carbocycles. The van der Waals surface area contributed by atoms with E-state index in [0.29, 0.717) is 0 Å². The highest BCUT2D eigenvalue weighted by molar-refractivity contribution is 5.66. The van der Waals surface area contributed by atoms with Crippen molar-refractivity contribution in [2.24, 2.45) is 15.0 Å². The van der Waals surface area contributed by atoms with E-state index in [1.165, 1.54) is 0 Å². The lowest BCUT2D eigenvalue weighted by atomic mass is 9.93. The molecule has 0 aromatic carbocycles. The summed E-state index contributed by atoms with van der Waals surface area (Å²) in [6.45, 7) is 2.35. The SMILES string of the molecule is C1=NCC(C2(C3CN=CN3)N=CCN2)N1. The average Bonchev–Trinajstić information content (AvgIpc) is 3.02. The van der Waals surface area contributed by atoms with Gasteiger partial charge >= 0.3 is 0 Å². The normalized spacial score (nSPS) is 42.1. The molecule has 3 aliphatic rings. The zero-order valence-electron chi connectivity index (χ0n) is 8.35. The van der Waals surface area contributed by atoms with Gasteiger partial charge in [0.2, 0.25) is 0 Å². The molecule has 0 aromatic rings. The van der Waals surface area contributed by atoms with Gasteiger partial charge in [0.15, 0.2) is 5.66 Å². The lowest BCUT2D eigenvalue weighted by Gasteiger charge is -2.37. The van der Waals surface area contributed by atoms with E-state index in [0.717, 1.165) is 19.6 Å². The maximum absolute atomic E-state index is 4.61. The molecule has 0 aliphatic carbocycles. The minimum atomic E-state index is -0.299. The molecule has 0 spiro atoms. The third-order valence-corrected chi connectivity index (χ3v) is 3.15. The standard InChI is InChI=1S/C9H14N6/c1-2-15-9(14-1,7-3-10-5-12-7)8-4-11-6-13-8/h1,5-8,15H,2-4H2,(H,10,12)(H,11,13). The maximum Gasteiger partial charge on any atom is 0.154 e. The lowest BCUT2D eigenvalue weighted by molar-refractivity contribution is 0.243. The van der Waals surface area contributed by atoms with Crippen molar-refractivity contribution in [2.75, 3.05) is 19.6 Å². The van der Waals surface area contributed by atoms with Crippen LogP contribution in [0.3, 0.4) is 0 Å². The van der Waals surface area contributed by atoms with Gasteiger partial charge in [-0.05, 0) is 0 Å². The molecule has 3 rings (SSSR count). The fourth-order valence-electron chi connectivity index (χ4n) is 2.36. The van der Waals surface area contributed by atoms with Crippen molar-refractivity contribution < 1.29 is 0 Å². The van der Waals surface area contributed by atoms with Gasteiger partial charge in [-0.25, -0.2) is 0 Å². The van der Waals surface area contributed by atoms with Gasteiger partial charge in [0, 0.05) is 12.8 Å². The van der Waals surface area contributed by atoms with E-state index < -0.39 is 0 Å². The third-order valence-electron chi connectivity index (χ3n) is 3.15. The average molecular weight is 206 g/mol. The minimum absolute atomic E-state index is 0.218. The Morgan fingerprint density at radius 1 is 1.07 bits per heavy atom. The van der Waals surface area contributed by atoms with E-state index >= 15 is 0 Å². The van der Waals surface area contributed by atoms with Crippen molar-refractivity contribution >= 4 is 18.9 Å². The van der Waals surface area contributed by atoms with Crippen molar-refractivity contribution in [3.8, 4) is 0 Å². The largest absolute Gasteiger partial charge is 0.368 e. The highest BCUT2D eigenvalue weighted by atomic mass is 15.3. The summed E-state index contributed by atoms with van der Waals surface area (Å²) in [6.07, 6.45) is 5.45. The topological polar surface area (TPSA) is 73.2 Å². The maximum atomic E-state index is 4.61. The van der Waals surface area contributed by atoms with E-state index in [1.807, 2.05) is 6.21 Å². The molecular formula is C9H14N6. The summed E-state index contributed by atoms with van der Waals surface area (Å²) in [4.78, 5) is 13.0. The van der Waals surface area contributed by atoms with Gasteiger partial charge in [0.25, 0.3) is 0 Å². The molecule has 0 radical (unpaired) electrons. The van der Waals surface area contributed by atoms with Gasteiger partial charge in [0.1, 0.15) is 0 Å². The van der Waals surface area contributed by atoms with Crippen LogP contribution in [0, 0.1) is 0 Å². The van der Waals surface area contributed by atoms with Crippen LogP contribution in [-0.4, -0.2) is 56.3 Å². The van der Waals surface area contributed by atoms with Crippen molar-refractivity contribution in [1.29, 1.82) is 0 Å². The van der Waals surface area contributed by atoms with Crippen LogP contribution in [0.25, 0.3) is 0 Å². The Morgan fingerprint density at radius 2 is 1.73 bits per heavy atom. The van der Waals surface area contributed by atoms with E-state index in [2.05, 4.69) is 30.9 Å². The van der Waals surface area contributed by atoms with Gasteiger partial charge in [-0.3, -0.25) is 20.3 Å². The molecule has 80 valence electrons. The van der Waals surface area contributed by atoms with Crippen LogP contribution in [0.2, 0.25) is 0 Å². The second-order valence-corrected chi connectivity index (χ2v) is 3.94. The predicted octanol–water partition coefficient (Wildman–Crippen LogP) is -1.64. The van der Waals surface area contributed by atoms with Crippen LogP contribution in [0.4, 0.5) is 0 Å². The molecule has 2 atom stereocenters. The molecule has 0 bridgehead atoms. The fourth-order valence-corrected chi connectivity index (χ4v) is 2.36. The molecule has 0 amide bonds. The molecule has 0 aromatic heterocycles. The van der Waals surface area contributed by atoms with E-state index in [9.17, 15) is 0 Å². The minimum Gasteiger partial charge on any atom is -0.368 e. The number of nitrogens with zero attached hydrogens (tertiary/aromatic N) is 3. The number of aliphatic imine (C=N–C) groups is 3. The summed E-state index contributed by atoms with van der Waals surface area (Å²) in [6, 6.07) is 0.436. The van der Waals surface area contributed by atoms with Crippen molar-refractivity contribution in [3.05, 3.63) is 0 Å². The Morgan fingerprint density at radius 3 is 2.13 bits per heavy atom. The molecule has 15 heavy (non-hydrogen) atoms. The zero-order valence-corrected chi connectivity index (χ0v) is 8.35. The Hall–Kier alpha value is -1.43. The predicted molar refractivity (Wildman–Crippen MR) is 59.8 cm³/mol. The molecule has 3 heterocycles. The van der Waals surface area contributed by atoms with E-state index in [-0.39, 0.29) is 17.7 Å². The van der Waals surface area contributed by atoms with Crippen LogP contribution in [0.15, 0.2) is 15.0 Å². The van der Waals surface area contributed by atoms with E-state index in [4.69, 9.17) is 0 Å². The third kappa shape index (κ3) is 1.25. The molecule has 2 unspecified atom stereocenters. The monoisotopic (exact) mass is 206 g/mol. The van der Waals surface area contributed by atoms with Crippen LogP contribution in [-0.2, 0) is 0 Å². The quantitative estimate of drug-likeness (QED) is 0.507. The second-order valence-electron chi connectivity index (χ2n) is 3.94. The van der Waals surface area contributed by atoms with Gasteiger partial charge in [-0.15, -0.1) is 0 Å². The van der Waals surface area contributed by atoms with Crippen molar-refractivity contribution in [1.82, 2.24) is 16.0 Å². The Bertz CT molecular complexity index is 295. The van der Waals surface area contributed by atoms with E-state index in [1.54, 1.807) is 12.7 Å². The van der Waals surface area contributed by atoms with Crippen LogP contribution in [0.5, 0.6) is 0 Å². The molecule has 0 saturated heterocycles. The summed E-state index contributed by atoms with van der Waals surface area (Å²) in [5.41, 5.74) is -0.299. The summed E-state index contributed by atoms with van der Waals surface area (Å²) in [7, 11) is 0. The highest BCUT2D eigenvalue weighted by Gasteiger charge is 2.48. The zero-order chi connectivity index (χ0) is 10.1. The van der Waals surface area contributed by atoms with Crippen molar-refractivity contribution in [2.45, 2.75) is 17.7 Å². The van der Waals surface area contributed by atoms with Gasteiger partial charge in [0.05, 0.1) is 37.9 Å². The lowest BCUT2D eigenvalue weighted by Crippen LogP contribution is -2.66. The Labute approximate surface area is 88.0 Å². The van der Waals surface area contributed by atoms with Gasteiger partial charge in [-0.2, -0.15) is 0 Å². The second kappa shape index (κ2) is 3.30. The van der Waals surface area contributed by atoms with Crippen LogP contribution >= 0.6 is 0 Å². The number of hydrogen-bond acceptors (Lipinski definition) is 6. The summed E-state index contributed by atoms with van der Waals surface area (Å²) < 4.78 is 0. The number of hydrogen-bond donors (Lipinski definition) is 3. The van der Waals surface area contributed by atoms with Crippen LogP contribution < -0.4 is 16.0 Å². The molecule has 6 nitrogen and oxygen atoms in total. The van der Waals surface area contributed by atoms with Crippen molar-refractivity contribution in [3.63, 3.8) is 0 Å². The smallest absolute Gasteiger partial charge is 0.154 e. The van der Waals surface area contributed by atoms with Crippen LogP contribution in [0.1, 0.15) is 0 Å². The summed E-state index contributed by atoms with van der Waals surface area (Å²) in [5, 5.41) is 9.95. The fraction of sp³-hybridized carbons (Fsp3) is 0.667. The first-order valence-electron chi connectivity index (χ1n) is 5.19. The number of nitrogens with one attached hydrogen (secondary N) is 3. The first kappa shape index (κ1) is 8.84.